The molecular formula is C29H23Cl2N3. The molecule has 0 radical (unpaired) electrons. The highest BCUT2D eigenvalue weighted by atomic mass is 35.5. The first-order valence-electron chi connectivity index (χ1n) is 11.2. The van der Waals surface area contributed by atoms with Crippen molar-refractivity contribution in [2.75, 3.05) is 11.9 Å². The number of hydrogen-bond donors (Lipinski definition) is 1. The van der Waals surface area contributed by atoms with Crippen LogP contribution in [0.2, 0.25) is 10.0 Å². The van der Waals surface area contributed by atoms with Crippen LogP contribution in [0, 0.1) is 0 Å². The fourth-order valence-electron chi connectivity index (χ4n) is 4.25. The molecule has 0 bridgehead atoms. The van der Waals surface area contributed by atoms with Gasteiger partial charge in [0.2, 0.25) is 0 Å². The second-order valence-corrected chi connectivity index (χ2v) is 9.07. The molecule has 0 aliphatic carbocycles. The molecule has 5 rings (SSSR count). The number of rotatable bonds is 7. The number of nitrogens with one attached hydrogen (secondary N) is 1. The summed E-state index contributed by atoms with van der Waals surface area (Å²) in [5, 5.41) is 5.95. The molecule has 5 heteroatoms. The first kappa shape index (κ1) is 22.4. The number of benzene rings is 4. The van der Waals surface area contributed by atoms with Crippen LogP contribution in [-0.2, 0) is 6.42 Å². The van der Waals surface area contributed by atoms with Gasteiger partial charge in [-0.05, 0) is 65.1 Å². The van der Waals surface area contributed by atoms with E-state index in [9.17, 15) is 0 Å². The monoisotopic (exact) mass is 483 g/mol. The van der Waals surface area contributed by atoms with Crippen LogP contribution in [0.5, 0.6) is 0 Å². The minimum absolute atomic E-state index is 0.0244. The van der Waals surface area contributed by atoms with E-state index in [2.05, 4.69) is 82.0 Å². The summed E-state index contributed by atoms with van der Waals surface area (Å²) in [5.74, 6) is 0.866. The van der Waals surface area contributed by atoms with Crippen LogP contribution in [0.3, 0.4) is 0 Å². The van der Waals surface area contributed by atoms with Crippen LogP contribution in [0.25, 0.3) is 10.9 Å². The summed E-state index contributed by atoms with van der Waals surface area (Å²) in [6, 6.07) is 32.9. The summed E-state index contributed by atoms with van der Waals surface area (Å²) in [7, 11) is 0. The third kappa shape index (κ3) is 5.06. The summed E-state index contributed by atoms with van der Waals surface area (Å²) in [6.07, 6.45) is 2.53. The van der Waals surface area contributed by atoms with E-state index in [-0.39, 0.29) is 5.92 Å². The van der Waals surface area contributed by atoms with Crippen molar-refractivity contribution in [3.63, 3.8) is 0 Å². The Morgan fingerprint density at radius 3 is 1.94 bits per heavy atom. The van der Waals surface area contributed by atoms with Gasteiger partial charge in [0.1, 0.15) is 12.1 Å². The van der Waals surface area contributed by atoms with Crippen molar-refractivity contribution < 1.29 is 0 Å². The van der Waals surface area contributed by atoms with E-state index in [1.165, 1.54) is 5.56 Å². The van der Waals surface area contributed by atoms with Crippen LogP contribution in [0.1, 0.15) is 28.2 Å². The van der Waals surface area contributed by atoms with Gasteiger partial charge in [-0.15, -0.1) is 0 Å². The minimum Gasteiger partial charge on any atom is -0.369 e. The first-order valence-corrected chi connectivity index (χ1v) is 12.0. The van der Waals surface area contributed by atoms with E-state index < -0.39 is 0 Å². The average Bonchev–Trinajstić information content (AvgIpc) is 2.87. The van der Waals surface area contributed by atoms with E-state index in [4.69, 9.17) is 23.2 Å². The summed E-state index contributed by atoms with van der Waals surface area (Å²) in [4.78, 5) is 9.04. The molecule has 168 valence electrons. The van der Waals surface area contributed by atoms with Crippen molar-refractivity contribution in [1.29, 1.82) is 0 Å². The Kier molecular flexibility index (Phi) is 6.75. The number of halogens is 2. The molecule has 0 spiro atoms. The van der Waals surface area contributed by atoms with Gasteiger partial charge in [-0.1, -0.05) is 83.9 Å². The van der Waals surface area contributed by atoms with Crippen LogP contribution >= 0.6 is 23.2 Å². The third-order valence-corrected chi connectivity index (χ3v) is 6.45. The van der Waals surface area contributed by atoms with Crippen LogP contribution < -0.4 is 5.32 Å². The highest BCUT2D eigenvalue weighted by Crippen LogP contribution is 2.35. The Balaban J connectivity index is 1.51. The molecule has 4 aromatic carbocycles. The third-order valence-electron chi connectivity index (χ3n) is 5.95. The number of hydrogen-bond acceptors (Lipinski definition) is 3. The predicted octanol–water partition coefficient (Wildman–Crippen LogP) is 7.77. The van der Waals surface area contributed by atoms with Crippen LogP contribution in [0.15, 0.2) is 103 Å². The van der Waals surface area contributed by atoms with Gasteiger partial charge < -0.3 is 5.32 Å². The Morgan fingerprint density at radius 1 is 0.676 bits per heavy atom. The molecule has 1 aromatic heterocycles. The molecule has 1 heterocycles. The molecule has 0 fully saturated rings. The van der Waals surface area contributed by atoms with Crippen molar-refractivity contribution in [3.05, 3.63) is 136 Å². The topological polar surface area (TPSA) is 37.8 Å². The molecule has 3 nitrogen and oxygen atoms in total. The zero-order chi connectivity index (χ0) is 23.3. The summed E-state index contributed by atoms with van der Waals surface area (Å²) < 4.78 is 0. The van der Waals surface area contributed by atoms with Crippen LogP contribution in [0.4, 0.5) is 5.82 Å². The van der Waals surface area contributed by atoms with Gasteiger partial charge in [-0.25, -0.2) is 9.97 Å². The first-order chi connectivity index (χ1) is 16.7. The highest BCUT2D eigenvalue weighted by Gasteiger charge is 2.18. The highest BCUT2D eigenvalue weighted by molar-refractivity contribution is 6.30. The number of nitrogens with zero attached hydrogens (tertiary/aromatic N) is 2. The van der Waals surface area contributed by atoms with Gasteiger partial charge in [-0.2, -0.15) is 0 Å². The maximum Gasteiger partial charge on any atom is 0.137 e. The van der Waals surface area contributed by atoms with Crippen molar-refractivity contribution in [1.82, 2.24) is 9.97 Å². The van der Waals surface area contributed by atoms with Crippen molar-refractivity contribution in [3.8, 4) is 0 Å². The van der Waals surface area contributed by atoms with Gasteiger partial charge in [0.15, 0.2) is 0 Å². The second-order valence-electron chi connectivity index (χ2n) is 8.20. The number of aromatic nitrogens is 2. The van der Waals surface area contributed by atoms with E-state index >= 15 is 0 Å². The number of fused-ring (bicyclic) bond motifs is 1. The van der Waals surface area contributed by atoms with Gasteiger partial charge in [-0.3, -0.25) is 0 Å². The van der Waals surface area contributed by atoms with Gasteiger partial charge in [0.25, 0.3) is 0 Å². The van der Waals surface area contributed by atoms with E-state index in [0.29, 0.717) is 0 Å². The fourth-order valence-corrected chi connectivity index (χ4v) is 4.50. The quantitative estimate of drug-likeness (QED) is 0.240. The Bertz CT molecular complexity index is 1340. The molecule has 5 aromatic rings. The lowest BCUT2D eigenvalue weighted by Crippen LogP contribution is -2.08. The standard InChI is InChI=1S/C29H23Cl2N3/c30-24-11-6-21(7-12-24)28(22-8-13-25(31)14-9-22)23-10-15-27-26(18-23)29(34-19-33-27)32-17-16-20-4-2-1-3-5-20/h1-15,18-19,28H,16-17H2,(H,32,33,34). The predicted molar refractivity (Wildman–Crippen MR) is 142 cm³/mol. The molecule has 0 atom stereocenters. The lowest BCUT2D eigenvalue weighted by atomic mass is 9.85. The zero-order valence-corrected chi connectivity index (χ0v) is 20.0. The fraction of sp³-hybridized carbons (Fsp3) is 0.103. The molecule has 1 N–H and O–H groups in total. The van der Waals surface area contributed by atoms with E-state index in [1.54, 1.807) is 6.33 Å². The smallest absolute Gasteiger partial charge is 0.137 e. The SMILES string of the molecule is Clc1ccc(C(c2ccc(Cl)cc2)c2ccc3ncnc(NCCc4ccccc4)c3c2)cc1. The van der Waals surface area contributed by atoms with Gasteiger partial charge in [0.05, 0.1) is 5.52 Å². The molecular weight excluding hydrogens is 461 g/mol. The molecule has 0 saturated carbocycles. The molecule has 34 heavy (non-hydrogen) atoms. The Morgan fingerprint density at radius 2 is 1.29 bits per heavy atom. The lowest BCUT2D eigenvalue weighted by Gasteiger charge is -2.20. The summed E-state index contributed by atoms with van der Waals surface area (Å²) >= 11 is 12.4. The molecule has 0 unspecified atom stereocenters. The molecule has 0 aliphatic heterocycles. The van der Waals surface area contributed by atoms with E-state index in [0.717, 1.165) is 56.4 Å². The van der Waals surface area contributed by atoms with Crippen molar-refractivity contribution in [2.24, 2.45) is 0 Å². The van der Waals surface area contributed by atoms with Crippen molar-refractivity contribution in [2.45, 2.75) is 12.3 Å². The maximum absolute atomic E-state index is 6.18. The number of anilines is 1. The molecule has 0 amide bonds. The summed E-state index contributed by atoms with van der Waals surface area (Å²) in [6.45, 7) is 0.790. The Hall–Kier alpha value is -3.40. The summed E-state index contributed by atoms with van der Waals surface area (Å²) in [5.41, 5.74) is 5.66. The normalized spacial score (nSPS) is 11.1. The zero-order valence-electron chi connectivity index (χ0n) is 18.5. The lowest BCUT2D eigenvalue weighted by molar-refractivity contribution is 0.977. The molecule has 0 saturated heterocycles. The maximum atomic E-state index is 6.18. The second kappa shape index (κ2) is 10.3. The average molecular weight is 484 g/mol. The van der Waals surface area contributed by atoms with Crippen LogP contribution in [-0.4, -0.2) is 16.5 Å². The van der Waals surface area contributed by atoms with E-state index in [1.807, 2.05) is 30.3 Å². The largest absolute Gasteiger partial charge is 0.369 e. The minimum atomic E-state index is 0.0244. The van der Waals surface area contributed by atoms with Gasteiger partial charge in [0, 0.05) is 27.9 Å². The van der Waals surface area contributed by atoms with Crippen molar-refractivity contribution >= 4 is 39.9 Å². The Labute approximate surface area is 209 Å². The van der Waals surface area contributed by atoms with Gasteiger partial charge >= 0.3 is 0 Å². The molecule has 0 aliphatic rings.